The smallest absolute Gasteiger partial charge is 0.296 e. The van der Waals surface area contributed by atoms with E-state index < -0.39 is 0 Å². The van der Waals surface area contributed by atoms with Crippen LogP contribution in [-0.4, -0.2) is 23.8 Å². The monoisotopic (exact) mass is 221 g/mol. The van der Waals surface area contributed by atoms with E-state index in [1.165, 1.54) is 0 Å². The molecule has 2 rings (SSSR count). The number of carbonyl (C=O) groups excluding carboxylic acids is 1. The molecule has 1 aromatic rings. The number of carbonyl (C=O) groups is 1. The zero-order chi connectivity index (χ0) is 11.0. The van der Waals surface area contributed by atoms with Crippen LogP contribution in [0.25, 0.3) is 6.08 Å². The van der Waals surface area contributed by atoms with Crippen molar-refractivity contribution in [2.75, 3.05) is 7.05 Å². The molecule has 5 heteroatoms. The van der Waals surface area contributed by atoms with Crippen LogP contribution >= 0.6 is 11.3 Å². The summed E-state index contributed by atoms with van der Waals surface area (Å²) in [5.41, 5.74) is 7.22. The van der Waals surface area contributed by atoms with Crippen LogP contribution in [-0.2, 0) is 4.79 Å². The summed E-state index contributed by atoms with van der Waals surface area (Å²) in [4.78, 5) is 17.8. The summed E-state index contributed by atoms with van der Waals surface area (Å²) in [6, 6.07) is 2.01. The van der Waals surface area contributed by atoms with Gasteiger partial charge in [-0.2, -0.15) is 4.99 Å². The topological polar surface area (TPSA) is 58.7 Å². The van der Waals surface area contributed by atoms with Crippen LogP contribution in [0.5, 0.6) is 0 Å². The molecule has 0 atom stereocenters. The standard InChI is InChI=1S/C10H11N3OS/c1-6-3-4-15-8(6)5-7-9(14)12-10(11)13(7)2/h3-5H,1-2H3,(H2,11,12,14)/b7-5-. The third-order valence-corrected chi connectivity index (χ3v) is 3.28. The van der Waals surface area contributed by atoms with Gasteiger partial charge in [-0.05, 0) is 30.0 Å². The maximum atomic E-state index is 11.5. The quantitative estimate of drug-likeness (QED) is 0.724. The molecule has 1 aromatic heterocycles. The summed E-state index contributed by atoms with van der Waals surface area (Å²) < 4.78 is 0. The first kappa shape index (κ1) is 9.92. The number of guanidine groups is 1. The molecule has 0 radical (unpaired) electrons. The maximum Gasteiger partial charge on any atom is 0.296 e. The molecule has 4 nitrogen and oxygen atoms in total. The summed E-state index contributed by atoms with van der Waals surface area (Å²) >= 11 is 1.59. The molecular weight excluding hydrogens is 210 g/mol. The molecule has 1 aliphatic rings. The van der Waals surface area contributed by atoms with Crippen LogP contribution in [0.2, 0.25) is 0 Å². The van der Waals surface area contributed by atoms with Crippen molar-refractivity contribution in [3.05, 3.63) is 27.6 Å². The number of hydrogen-bond acceptors (Lipinski definition) is 4. The predicted octanol–water partition coefficient (Wildman–Crippen LogP) is 1.18. The van der Waals surface area contributed by atoms with E-state index in [-0.39, 0.29) is 11.9 Å². The first-order valence-corrected chi connectivity index (χ1v) is 5.35. The van der Waals surface area contributed by atoms with Crippen LogP contribution in [0.4, 0.5) is 0 Å². The van der Waals surface area contributed by atoms with E-state index in [9.17, 15) is 4.79 Å². The lowest BCUT2D eigenvalue weighted by molar-refractivity contribution is -0.114. The number of likely N-dealkylation sites (N-methyl/N-ethyl adjacent to an activating group) is 1. The number of nitrogens with two attached hydrogens (primary N) is 1. The van der Waals surface area contributed by atoms with E-state index in [1.807, 2.05) is 24.4 Å². The molecule has 0 saturated carbocycles. The van der Waals surface area contributed by atoms with E-state index in [0.29, 0.717) is 5.70 Å². The average molecular weight is 221 g/mol. The van der Waals surface area contributed by atoms with E-state index >= 15 is 0 Å². The number of aliphatic imine (C=N–C) groups is 1. The Morgan fingerprint density at radius 3 is 2.80 bits per heavy atom. The molecule has 1 aliphatic heterocycles. The van der Waals surface area contributed by atoms with E-state index in [2.05, 4.69) is 4.99 Å². The minimum Gasteiger partial charge on any atom is -0.369 e. The molecule has 0 fully saturated rings. The molecule has 0 saturated heterocycles. The van der Waals surface area contributed by atoms with Gasteiger partial charge in [0, 0.05) is 11.9 Å². The fourth-order valence-corrected chi connectivity index (χ4v) is 2.17. The molecule has 0 unspecified atom stereocenters. The van der Waals surface area contributed by atoms with Gasteiger partial charge in [-0.3, -0.25) is 4.79 Å². The first-order chi connectivity index (χ1) is 7.09. The van der Waals surface area contributed by atoms with E-state index in [4.69, 9.17) is 5.73 Å². The highest BCUT2D eigenvalue weighted by atomic mass is 32.1. The Hall–Kier alpha value is -1.62. The number of hydrogen-bond donors (Lipinski definition) is 1. The molecule has 78 valence electrons. The lowest BCUT2D eigenvalue weighted by atomic mass is 10.2. The van der Waals surface area contributed by atoms with Gasteiger partial charge in [-0.25, -0.2) is 0 Å². The van der Waals surface area contributed by atoms with Crippen LogP contribution in [0, 0.1) is 6.92 Å². The Labute approximate surface area is 91.7 Å². The van der Waals surface area contributed by atoms with Crippen molar-refractivity contribution in [3.8, 4) is 0 Å². The number of thiophene rings is 1. The van der Waals surface area contributed by atoms with Gasteiger partial charge in [-0.15, -0.1) is 11.3 Å². The number of nitrogens with zero attached hydrogens (tertiary/aromatic N) is 2. The summed E-state index contributed by atoms with van der Waals surface area (Å²) in [5.74, 6) is -0.0248. The lowest BCUT2D eigenvalue weighted by Crippen LogP contribution is -2.28. The lowest BCUT2D eigenvalue weighted by Gasteiger charge is -2.10. The number of aryl methyl sites for hydroxylation is 1. The molecule has 2 N–H and O–H groups in total. The summed E-state index contributed by atoms with van der Waals surface area (Å²) in [6.07, 6.45) is 1.83. The molecule has 0 spiro atoms. The van der Waals surface area contributed by atoms with Gasteiger partial charge in [0.2, 0.25) is 5.96 Å². The van der Waals surface area contributed by atoms with Crippen molar-refractivity contribution in [2.24, 2.45) is 10.7 Å². The van der Waals surface area contributed by atoms with E-state index in [0.717, 1.165) is 10.4 Å². The predicted molar refractivity (Wildman–Crippen MR) is 61.4 cm³/mol. The van der Waals surface area contributed by atoms with Crippen LogP contribution < -0.4 is 5.73 Å². The van der Waals surface area contributed by atoms with Gasteiger partial charge in [-0.1, -0.05) is 0 Å². The molecule has 2 heterocycles. The third-order valence-electron chi connectivity index (χ3n) is 2.31. The molecule has 15 heavy (non-hydrogen) atoms. The van der Waals surface area contributed by atoms with Crippen LogP contribution in [0.15, 0.2) is 22.1 Å². The van der Waals surface area contributed by atoms with E-state index in [1.54, 1.807) is 23.3 Å². The molecule has 0 aliphatic carbocycles. The minimum absolute atomic E-state index is 0.250. The van der Waals surface area contributed by atoms with Crippen molar-refractivity contribution in [1.82, 2.24) is 4.90 Å². The average Bonchev–Trinajstić information content (AvgIpc) is 2.67. The Bertz CT molecular complexity index is 473. The molecule has 0 bridgehead atoms. The Balaban J connectivity index is 2.38. The van der Waals surface area contributed by atoms with Crippen molar-refractivity contribution in [1.29, 1.82) is 0 Å². The van der Waals surface area contributed by atoms with Crippen molar-refractivity contribution in [2.45, 2.75) is 6.92 Å². The maximum absolute atomic E-state index is 11.5. The van der Waals surface area contributed by atoms with Crippen LogP contribution in [0.3, 0.4) is 0 Å². The second-order valence-electron chi connectivity index (χ2n) is 3.33. The summed E-state index contributed by atoms with van der Waals surface area (Å²) in [7, 11) is 1.73. The fourth-order valence-electron chi connectivity index (χ4n) is 1.32. The molecule has 1 amide bonds. The largest absolute Gasteiger partial charge is 0.369 e. The zero-order valence-corrected chi connectivity index (χ0v) is 9.34. The second-order valence-corrected chi connectivity index (χ2v) is 4.28. The van der Waals surface area contributed by atoms with Crippen molar-refractivity contribution < 1.29 is 4.79 Å². The number of rotatable bonds is 1. The number of amides is 1. The second kappa shape index (κ2) is 3.51. The van der Waals surface area contributed by atoms with Gasteiger partial charge in [0.25, 0.3) is 5.91 Å². The SMILES string of the molecule is Cc1ccsc1/C=C1/C(=O)N=C(N)N1C. The molecular formula is C10H11N3OS. The van der Waals surface area contributed by atoms with Gasteiger partial charge in [0.05, 0.1) is 0 Å². The van der Waals surface area contributed by atoms with Crippen molar-refractivity contribution >= 4 is 29.3 Å². The highest BCUT2D eigenvalue weighted by Crippen LogP contribution is 2.22. The fraction of sp³-hybridized carbons (Fsp3) is 0.200. The zero-order valence-electron chi connectivity index (χ0n) is 8.52. The Kier molecular flexibility index (Phi) is 2.32. The first-order valence-electron chi connectivity index (χ1n) is 4.47. The van der Waals surface area contributed by atoms with Gasteiger partial charge in [0.1, 0.15) is 5.70 Å². The van der Waals surface area contributed by atoms with Gasteiger partial charge in [0.15, 0.2) is 0 Å². The van der Waals surface area contributed by atoms with Gasteiger partial charge < -0.3 is 10.6 Å². The Morgan fingerprint density at radius 1 is 1.60 bits per heavy atom. The summed E-state index contributed by atoms with van der Waals surface area (Å²) in [6.45, 7) is 2.01. The normalized spacial score (nSPS) is 18.8. The summed E-state index contributed by atoms with van der Waals surface area (Å²) in [5, 5.41) is 1.99. The third kappa shape index (κ3) is 1.66. The van der Waals surface area contributed by atoms with Crippen LogP contribution in [0.1, 0.15) is 10.4 Å². The van der Waals surface area contributed by atoms with Crippen molar-refractivity contribution in [3.63, 3.8) is 0 Å². The highest BCUT2D eigenvalue weighted by Gasteiger charge is 2.24. The highest BCUT2D eigenvalue weighted by molar-refractivity contribution is 7.11. The minimum atomic E-state index is -0.275. The Morgan fingerprint density at radius 2 is 2.33 bits per heavy atom. The van der Waals surface area contributed by atoms with Gasteiger partial charge >= 0.3 is 0 Å². The molecule has 0 aromatic carbocycles.